The summed E-state index contributed by atoms with van der Waals surface area (Å²) < 4.78 is 11.4. The smallest absolute Gasteiger partial charge is 0.410 e. The predicted molar refractivity (Wildman–Crippen MR) is 139 cm³/mol. The number of fused-ring (bicyclic) bond motifs is 3. The molecule has 1 aliphatic carbocycles. The summed E-state index contributed by atoms with van der Waals surface area (Å²) in [6, 6.07) is 16.0. The molecule has 2 aromatic carbocycles. The second-order valence-electron chi connectivity index (χ2n) is 10.9. The van der Waals surface area contributed by atoms with Crippen molar-refractivity contribution in [3.8, 4) is 11.1 Å². The van der Waals surface area contributed by atoms with Gasteiger partial charge < -0.3 is 24.4 Å². The van der Waals surface area contributed by atoms with Gasteiger partial charge in [0.25, 0.3) is 0 Å². The van der Waals surface area contributed by atoms with E-state index < -0.39 is 23.8 Å². The lowest BCUT2D eigenvalue weighted by Gasteiger charge is -2.31. The lowest BCUT2D eigenvalue weighted by molar-refractivity contribution is -0.137. The number of hydrogen-bond acceptors (Lipinski definition) is 5. The Bertz CT molecular complexity index is 1110. The number of likely N-dealkylation sites (tertiary alicyclic amines) is 1. The van der Waals surface area contributed by atoms with Crippen molar-refractivity contribution in [1.29, 1.82) is 0 Å². The van der Waals surface area contributed by atoms with Crippen molar-refractivity contribution in [2.45, 2.75) is 58.1 Å². The van der Waals surface area contributed by atoms with E-state index in [-0.39, 0.29) is 37.5 Å². The molecule has 0 bridgehead atoms. The van der Waals surface area contributed by atoms with Gasteiger partial charge in [0.1, 0.15) is 12.2 Å². The summed E-state index contributed by atoms with van der Waals surface area (Å²) in [7, 11) is 0. The number of nitrogens with zero attached hydrogens (tertiary/aromatic N) is 2. The van der Waals surface area contributed by atoms with Gasteiger partial charge in [-0.05, 0) is 55.4 Å². The van der Waals surface area contributed by atoms with Gasteiger partial charge in [0.15, 0.2) is 0 Å². The normalized spacial score (nSPS) is 18.8. The van der Waals surface area contributed by atoms with Crippen molar-refractivity contribution in [2.75, 3.05) is 26.2 Å². The number of aliphatic carboxylic acids is 1. The number of carbonyl (C=O) groups excluding carboxylic acids is 2. The van der Waals surface area contributed by atoms with Gasteiger partial charge >= 0.3 is 18.2 Å². The molecule has 2 unspecified atom stereocenters. The minimum absolute atomic E-state index is 0.0159. The number of hydrogen-bond donors (Lipinski definition) is 1. The Balaban J connectivity index is 1.48. The van der Waals surface area contributed by atoms with Crippen LogP contribution in [0.1, 0.15) is 57.6 Å². The molecule has 2 aliphatic rings. The van der Waals surface area contributed by atoms with Gasteiger partial charge in [-0.25, -0.2) is 9.59 Å². The molecule has 37 heavy (non-hydrogen) atoms. The van der Waals surface area contributed by atoms with Gasteiger partial charge in [0.05, 0.1) is 6.04 Å². The Kier molecular flexibility index (Phi) is 7.76. The first-order chi connectivity index (χ1) is 17.5. The first-order valence-electron chi connectivity index (χ1n) is 12.9. The number of rotatable bonds is 7. The molecule has 2 amide bonds. The third-order valence-electron chi connectivity index (χ3n) is 6.98. The highest BCUT2D eigenvalue weighted by atomic mass is 16.6. The zero-order valence-electron chi connectivity index (χ0n) is 22.0. The first-order valence-corrected chi connectivity index (χ1v) is 12.9. The van der Waals surface area contributed by atoms with Crippen LogP contribution in [0.25, 0.3) is 11.1 Å². The molecule has 0 aromatic heterocycles. The largest absolute Gasteiger partial charge is 0.481 e. The van der Waals surface area contributed by atoms with Gasteiger partial charge in [0, 0.05) is 32.0 Å². The van der Waals surface area contributed by atoms with Crippen LogP contribution in [0, 0.1) is 5.92 Å². The maximum atomic E-state index is 13.5. The SMILES string of the molecule is CC1CN(C(=O)OC(C)(C)C)CC1N(CCCC(=O)O)C(=O)OCC1c2ccccc2-c2ccccc21. The standard InChI is InChI=1S/C29H36N2O6/c1-19-16-30(27(34)37-29(2,3)4)17-25(19)31(15-9-14-26(32)33)28(35)36-18-24-22-12-7-5-10-20(22)21-11-6-8-13-23(21)24/h5-8,10-13,19,24-25H,9,14-18H2,1-4H3,(H,32,33). The summed E-state index contributed by atoms with van der Waals surface area (Å²) >= 11 is 0. The monoisotopic (exact) mass is 508 g/mol. The molecule has 0 saturated carbocycles. The van der Waals surface area contributed by atoms with E-state index in [4.69, 9.17) is 14.6 Å². The van der Waals surface area contributed by atoms with E-state index in [1.807, 2.05) is 52.0 Å². The van der Waals surface area contributed by atoms with Crippen LogP contribution in [0.2, 0.25) is 0 Å². The van der Waals surface area contributed by atoms with E-state index in [1.165, 1.54) is 0 Å². The zero-order chi connectivity index (χ0) is 26.7. The molecular formula is C29H36N2O6. The van der Waals surface area contributed by atoms with Crippen molar-refractivity contribution in [2.24, 2.45) is 5.92 Å². The number of ether oxygens (including phenoxy) is 2. The van der Waals surface area contributed by atoms with Crippen LogP contribution < -0.4 is 0 Å². The van der Waals surface area contributed by atoms with E-state index in [0.717, 1.165) is 22.3 Å². The highest BCUT2D eigenvalue weighted by Gasteiger charge is 2.40. The van der Waals surface area contributed by atoms with Crippen molar-refractivity contribution in [3.05, 3.63) is 59.7 Å². The van der Waals surface area contributed by atoms with Gasteiger partial charge in [-0.2, -0.15) is 0 Å². The average Bonchev–Trinajstić information content (AvgIpc) is 3.37. The van der Waals surface area contributed by atoms with Gasteiger partial charge in [-0.3, -0.25) is 4.79 Å². The Morgan fingerprint density at radius 1 is 1.00 bits per heavy atom. The Morgan fingerprint density at radius 2 is 1.59 bits per heavy atom. The third-order valence-corrected chi connectivity index (χ3v) is 6.98. The van der Waals surface area contributed by atoms with Gasteiger partial charge in [-0.1, -0.05) is 55.5 Å². The lowest BCUT2D eigenvalue weighted by Crippen LogP contribution is -2.46. The Morgan fingerprint density at radius 3 is 2.16 bits per heavy atom. The summed E-state index contributed by atoms with van der Waals surface area (Å²) in [5, 5.41) is 9.13. The molecule has 1 fully saturated rings. The molecule has 8 heteroatoms. The van der Waals surface area contributed by atoms with Crippen LogP contribution in [-0.4, -0.2) is 70.9 Å². The molecule has 4 rings (SSSR count). The number of benzene rings is 2. The topological polar surface area (TPSA) is 96.4 Å². The molecule has 1 aliphatic heterocycles. The van der Waals surface area contributed by atoms with E-state index >= 15 is 0 Å². The summed E-state index contributed by atoms with van der Waals surface area (Å²) in [5.74, 6) is -1.00. The number of amides is 2. The fourth-order valence-corrected chi connectivity index (χ4v) is 5.30. The summed E-state index contributed by atoms with van der Waals surface area (Å²) in [6.07, 6.45) is -0.658. The predicted octanol–water partition coefficient (Wildman–Crippen LogP) is 5.36. The molecule has 1 heterocycles. The van der Waals surface area contributed by atoms with Crippen LogP contribution in [0.4, 0.5) is 9.59 Å². The second kappa shape index (κ2) is 10.8. The van der Waals surface area contributed by atoms with Gasteiger partial charge in [-0.15, -0.1) is 0 Å². The van der Waals surface area contributed by atoms with Crippen molar-refractivity contribution in [1.82, 2.24) is 9.80 Å². The number of carboxylic acid groups (broad SMARTS) is 1. The molecular weight excluding hydrogens is 472 g/mol. The number of carboxylic acids is 1. The number of carbonyl (C=O) groups is 3. The minimum Gasteiger partial charge on any atom is -0.481 e. The Labute approximate surface area is 218 Å². The molecule has 2 atom stereocenters. The van der Waals surface area contributed by atoms with E-state index in [1.54, 1.807) is 9.80 Å². The lowest BCUT2D eigenvalue weighted by atomic mass is 9.98. The summed E-state index contributed by atoms with van der Waals surface area (Å²) in [6.45, 7) is 8.61. The molecule has 2 aromatic rings. The highest BCUT2D eigenvalue weighted by Crippen LogP contribution is 2.44. The fraction of sp³-hybridized carbons (Fsp3) is 0.483. The van der Waals surface area contributed by atoms with Crippen molar-refractivity contribution >= 4 is 18.2 Å². The third kappa shape index (κ3) is 6.06. The average molecular weight is 509 g/mol. The van der Waals surface area contributed by atoms with Crippen LogP contribution in [0.5, 0.6) is 0 Å². The van der Waals surface area contributed by atoms with E-state index in [2.05, 4.69) is 24.3 Å². The quantitative estimate of drug-likeness (QED) is 0.541. The first kappa shape index (κ1) is 26.5. The maximum absolute atomic E-state index is 13.5. The van der Waals surface area contributed by atoms with E-state index in [0.29, 0.717) is 19.5 Å². The zero-order valence-corrected chi connectivity index (χ0v) is 22.0. The fourth-order valence-electron chi connectivity index (χ4n) is 5.30. The van der Waals surface area contributed by atoms with Gasteiger partial charge in [0.2, 0.25) is 0 Å². The van der Waals surface area contributed by atoms with Crippen molar-refractivity contribution in [3.63, 3.8) is 0 Å². The van der Waals surface area contributed by atoms with E-state index in [9.17, 15) is 14.4 Å². The molecule has 1 saturated heterocycles. The maximum Gasteiger partial charge on any atom is 0.410 e. The minimum atomic E-state index is -0.915. The summed E-state index contributed by atoms with van der Waals surface area (Å²) in [4.78, 5) is 40.5. The van der Waals surface area contributed by atoms with Crippen LogP contribution in [0.15, 0.2) is 48.5 Å². The van der Waals surface area contributed by atoms with Crippen molar-refractivity contribution < 1.29 is 29.0 Å². The Hall–Kier alpha value is -3.55. The molecule has 0 spiro atoms. The van der Waals surface area contributed by atoms with Crippen LogP contribution in [-0.2, 0) is 14.3 Å². The van der Waals surface area contributed by atoms with Crippen LogP contribution in [0.3, 0.4) is 0 Å². The molecule has 198 valence electrons. The second-order valence-corrected chi connectivity index (χ2v) is 10.9. The highest BCUT2D eigenvalue weighted by molar-refractivity contribution is 5.79. The molecule has 8 nitrogen and oxygen atoms in total. The van der Waals surface area contributed by atoms with Crippen LogP contribution >= 0.6 is 0 Å². The molecule has 0 radical (unpaired) electrons. The molecule has 1 N–H and O–H groups in total. The summed E-state index contributed by atoms with van der Waals surface area (Å²) in [5.41, 5.74) is 3.93.